The van der Waals surface area contributed by atoms with Crippen LogP contribution in [-0.4, -0.2) is 21.1 Å². The number of nitrogens with zero attached hydrogens (tertiary/aromatic N) is 1. The molecule has 3 heteroatoms. The molecule has 0 aliphatic carbocycles. The van der Waals surface area contributed by atoms with Gasteiger partial charge in [0.15, 0.2) is 0 Å². The van der Waals surface area contributed by atoms with Gasteiger partial charge in [0.05, 0.1) is 16.4 Å². The number of para-hydroxylation sites is 1. The minimum Gasteiger partial charge on any atom is -0.386 e. The molecule has 0 fully saturated rings. The van der Waals surface area contributed by atoms with Gasteiger partial charge in [0.2, 0.25) is 0 Å². The zero-order chi connectivity index (χ0) is 9.14. The molecule has 66 valence electrons. The molecule has 0 saturated heterocycles. The van der Waals surface area contributed by atoms with Crippen molar-refractivity contribution < 1.29 is 0 Å². The van der Waals surface area contributed by atoms with Crippen LogP contribution in [0.1, 0.15) is 0 Å². The molecule has 0 aliphatic heterocycles. The fourth-order valence-corrected chi connectivity index (χ4v) is 1.52. The largest absolute Gasteiger partial charge is 0.386 e. The van der Waals surface area contributed by atoms with Gasteiger partial charge in [0, 0.05) is 21.1 Å². The van der Waals surface area contributed by atoms with Gasteiger partial charge in [-0.05, 0) is 12.1 Å². The van der Waals surface area contributed by atoms with E-state index < -0.39 is 0 Å². The standard InChI is InChI=1S/C9H13ClN2/c1-11-8-6-4-5-7(10)9(8)12(2)3/h4-6,11H,1-3H3. The molecule has 1 N–H and O–H groups in total. The minimum atomic E-state index is 0.770. The van der Waals surface area contributed by atoms with Crippen molar-refractivity contribution in [2.24, 2.45) is 0 Å². The van der Waals surface area contributed by atoms with Crippen molar-refractivity contribution in [1.82, 2.24) is 0 Å². The maximum absolute atomic E-state index is 6.02. The van der Waals surface area contributed by atoms with E-state index in [1.54, 1.807) is 0 Å². The highest BCUT2D eigenvalue weighted by Gasteiger charge is 2.06. The Morgan fingerprint density at radius 3 is 2.42 bits per heavy atom. The van der Waals surface area contributed by atoms with Crippen LogP contribution < -0.4 is 10.2 Å². The first-order valence-electron chi connectivity index (χ1n) is 3.80. The molecule has 0 saturated carbocycles. The molecule has 0 unspecified atom stereocenters. The van der Waals surface area contributed by atoms with E-state index in [2.05, 4.69) is 5.32 Å². The third-order valence-electron chi connectivity index (χ3n) is 1.70. The molecule has 0 aromatic heterocycles. The second-order valence-corrected chi connectivity index (χ2v) is 3.19. The molecular formula is C9H13ClN2. The van der Waals surface area contributed by atoms with Crippen LogP contribution in [0.3, 0.4) is 0 Å². The van der Waals surface area contributed by atoms with E-state index in [1.807, 2.05) is 44.2 Å². The van der Waals surface area contributed by atoms with Crippen LogP contribution in [0.5, 0.6) is 0 Å². The number of hydrogen-bond donors (Lipinski definition) is 1. The zero-order valence-corrected chi connectivity index (χ0v) is 8.31. The maximum Gasteiger partial charge on any atom is 0.0785 e. The smallest absolute Gasteiger partial charge is 0.0785 e. The molecule has 0 heterocycles. The summed E-state index contributed by atoms with van der Waals surface area (Å²) >= 11 is 6.02. The lowest BCUT2D eigenvalue weighted by molar-refractivity contribution is 1.13. The molecule has 0 amide bonds. The fourth-order valence-electron chi connectivity index (χ4n) is 1.17. The normalized spacial score (nSPS) is 9.67. The Morgan fingerprint density at radius 1 is 1.33 bits per heavy atom. The van der Waals surface area contributed by atoms with Gasteiger partial charge in [-0.25, -0.2) is 0 Å². The predicted octanol–water partition coefficient (Wildman–Crippen LogP) is 2.45. The number of anilines is 2. The molecule has 0 radical (unpaired) electrons. The van der Waals surface area contributed by atoms with Gasteiger partial charge >= 0.3 is 0 Å². The molecule has 1 rings (SSSR count). The molecule has 1 aromatic carbocycles. The van der Waals surface area contributed by atoms with E-state index in [-0.39, 0.29) is 0 Å². The molecule has 2 nitrogen and oxygen atoms in total. The summed E-state index contributed by atoms with van der Waals surface area (Å²) in [6, 6.07) is 5.82. The second kappa shape index (κ2) is 3.68. The van der Waals surface area contributed by atoms with Crippen LogP contribution in [0, 0.1) is 0 Å². The Hall–Kier alpha value is -0.890. The van der Waals surface area contributed by atoms with E-state index in [0.29, 0.717) is 0 Å². The Labute approximate surface area is 78.1 Å². The lowest BCUT2D eigenvalue weighted by Gasteiger charge is -2.18. The summed E-state index contributed by atoms with van der Waals surface area (Å²) < 4.78 is 0. The lowest BCUT2D eigenvalue weighted by atomic mass is 10.2. The molecule has 12 heavy (non-hydrogen) atoms. The van der Waals surface area contributed by atoms with Gasteiger partial charge in [-0.2, -0.15) is 0 Å². The van der Waals surface area contributed by atoms with E-state index in [9.17, 15) is 0 Å². The van der Waals surface area contributed by atoms with Gasteiger partial charge in [-0.3, -0.25) is 0 Å². The lowest BCUT2D eigenvalue weighted by Crippen LogP contribution is -2.11. The van der Waals surface area contributed by atoms with Crippen LogP contribution >= 0.6 is 11.6 Å². The number of hydrogen-bond acceptors (Lipinski definition) is 2. The third-order valence-corrected chi connectivity index (χ3v) is 2.01. The molecule has 0 spiro atoms. The first-order chi connectivity index (χ1) is 5.66. The molecule has 1 aromatic rings. The summed E-state index contributed by atoms with van der Waals surface area (Å²) in [5, 5.41) is 3.86. The van der Waals surface area contributed by atoms with Gasteiger partial charge in [-0.1, -0.05) is 17.7 Å². The highest BCUT2D eigenvalue weighted by Crippen LogP contribution is 2.31. The van der Waals surface area contributed by atoms with Crippen LogP contribution in [0.25, 0.3) is 0 Å². The molecule has 0 atom stereocenters. The van der Waals surface area contributed by atoms with E-state index in [1.165, 1.54) is 0 Å². The van der Waals surface area contributed by atoms with Crippen LogP contribution in [0.2, 0.25) is 5.02 Å². The average Bonchev–Trinajstić information content (AvgIpc) is 2.03. The van der Waals surface area contributed by atoms with Gasteiger partial charge < -0.3 is 10.2 Å². The van der Waals surface area contributed by atoms with E-state index in [0.717, 1.165) is 16.4 Å². The van der Waals surface area contributed by atoms with Crippen molar-refractivity contribution in [2.45, 2.75) is 0 Å². The van der Waals surface area contributed by atoms with Crippen molar-refractivity contribution in [1.29, 1.82) is 0 Å². The second-order valence-electron chi connectivity index (χ2n) is 2.78. The average molecular weight is 185 g/mol. The topological polar surface area (TPSA) is 15.3 Å². The van der Waals surface area contributed by atoms with E-state index >= 15 is 0 Å². The van der Waals surface area contributed by atoms with Gasteiger partial charge in [0.25, 0.3) is 0 Å². The first-order valence-corrected chi connectivity index (χ1v) is 4.18. The van der Waals surface area contributed by atoms with Gasteiger partial charge in [-0.15, -0.1) is 0 Å². The molecule has 0 bridgehead atoms. The third kappa shape index (κ3) is 1.64. The van der Waals surface area contributed by atoms with E-state index in [4.69, 9.17) is 11.6 Å². The van der Waals surface area contributed by atoms with Crippen molar-refractivity contribution in [3.05, 3.63) is 23.2 Å². The summed E-state index contributed by atoms with van der Waals surface area (Å²) in [6.07, 6.45) is 0. The monoisotopic (exact) mass is 184 g/mol. The van der Waals surface area contributed by atoms with Crippen molar-refractivity contribution in [2.75, 3.05) is 31.4 Å². The Balaban J connectivity index is 3.20. The van der Waals surface area contributed by atoms with Crippen molar-refractivity contribution in [3.8, 4) is 0 Å². The minimum absolute atomic E-state index is 0.770. The van der Waals surface area contributed by atoms with Crippen LogP contribution in [0.4, 0.5) is 11.4 Å². The number of rotatable bonds is 2. The summed E-state index contributed by atoms with van der Waals surface area (Å²) in [5.74, 6) is 0. The summed E-state index contributed by atoms with van der Waals surface area (Å²) in [5.41, 5.74) is 2.08. The van der Waals surface area contributed by atoms with Gasteiger partial charge in [0.1, 0.15) is 0 Å². The van der Waals surface area contributed by atoms with Crippen molar-refractivity contribution in [3.63, 3.8) is 0 Å². The zero-order valence-electron chi connectivity index (χ0n) is 7.56. The number of halogens is 1. The molecular weight excluding hydrogens is 172 g/mol. The Morgan fingerprint density at radius 2 is 2.00 bits per heavy atom. The van der Waals surface area contributed by atoms with Crippen LogP contribution in [-0.2, 0) is 0 Å². The van der Waals surface area contributed by atoms with Crippen molar-refractivity contribution >= 4 is 23.0 Å². The van der Waals surface area contributed by atoms with Crippen LogP contribution in [0.15, 0.2) is 18.2 Å². The maximum atomic E-state index is 6.02. The highest BCUT2D eigenvalue weighted by molar-refractivity contribution is 6.34. The number of nitrogens with one attached hydrogen (secondary N) is 1. The SMILES string of the molecule is CNc1cccc(Cl)c1N(C)C. The summed E-state index contributed by atoms with van der Waals surface area (Å²) in [7, 11) is 5.84. The molecule has 0 aliphatic rings. The first kappa shape index (κ1) is 9.20. The summed E-state index contributed by atoms with van der Waals surface area (Å²) in [4.78, 5) is 1.99. The summed E-state index contributed by atoms with van der Waals surface area (Å²) in [6.45, 7) is 0. The Kier molecular flexibility index (Phi) is 2.82. The highest BCUT2D eigenvalue weighted by atomic mass is 35.5. The number of benzene rings is 1. The predicted molar refractivity (Wildman–Crippen MR) is 55.3 cm³/mol. The fraction of sp³-hybridized carbons (Fsp3) is 0.333. The quantitative estimate of drug-likeness (QED) is 0.760. The Bertz CT molecular complexity index is 271.